The second-order valence-corrected chi connectivity index (χ2v) is 13.2. The summed E-state index contributed by atoms with van der Waals surface area (Å²) >= 11 is 0. The number of allylic oxidation sites excluding steroid dienone is 2. The molecular weight excluding hydrogens is 384 g/mol. The van der Waals surface area contributed by atoms with Crippen molar-refractivity contribution in [1.29, 1.82) is 0 Å². The molecule has 2 aromatic rings. The fourth-order valence-electron chi connectivity index (χ4n) is 4.00. The molecule has 2 aromatic carbocycles. The minimum atomic E-state index is -2.47. The topological polar surface area (TPSA) is 29.5 Å². The Bertz CT molecular complexity index is 771. The van der Waals surface area contributed by atoms with Crippen LogP contribution in [0.15, 0.2) is 84.0 Å². The molecule has 0 aromatic heterocycles. The first kappa shape index (κ1) is 24.3. The molecule has 0 saturated heterocycles. The van der Waals surface area contributed by atoms with Gasteiger partial charge in [-0.2, -0.15) is 0 Å². The molecule has 0 spiro atoms. The lowest BCUT2D eigenvalue weighted by Crippen LogP contribution is -2.66. The maximum atomic E-state index is 9.32. The molecule has 30 heavy (non-hydrogen) atoms. The quantitative estimate of drug-likeness (QED) is 0.398. The summed E-state index contributed by atoms with van der Waals surface area (Å²) in [7, 11) is -2.47. The number of rotatable bonds is 10. The van der Waals surface area contributed by atoms with Crippen LogP contribution in [0.4, 0.5) is 0 Å². The molecule has 0 aliphatic rings. The third kappa shape index (κ3) is 6.04. The van der Waals surface area contributed by atoms with E-state index in [1.54, 1.807) is 0 Å². The van der Waals surface area contributed by atoms with Gasteiger partial charge in [-0.3, -0.25) is 0 Å². The Morgan fingerprint density at radius 1 is 0.933 bits per heavy atom. The van der Waals surface area contributed by atoms with Crippen LogP contribution in [-0.2, 0) is 4.43 Å². The van der Waals surface area contributed by atoms with Crippen molar-refractivity contribution in [3.05, 3.63) is 84.0 Å². The van der Waals surface area contributed by atoms with Gasteiger partial charge < -0.3 is 9.53 Å². The van der Waals surface area contributed by atoms with Crippen molar-refractivity contribution in [2.24, 2.45) is 0 Å². The smallest absolute Gasteiger partial charge is 0.261 e. The van der Waals surface area contributed by atoms with Crippen molar-refractivity contribution < 1.29 is 9.53 Å². The zero-order chi connectivity index (χ0) is 22.0. The molecule has 0 amide bonds. The average molecular weight is 423 g/mol. The molecule has 3 heteroatoms. The van der Waals surface area contributed by atoms with E-state index in [1.165, 1.54) is 15.9 Å². The van der Waals surface area contributed by atoms with Crippen LogP contribution in [0.25, 0.3) is 0 Å². The van der Waals surface area contributed by atoms with Gasteiger partial charge in [0.1, 0.15) is 0 Å². The highest BCUT2D eigenvalue weighted by molar-refractivity contribution is 6.99. The molecule has 2 nitrogen and oxygen atoms in total. The number of benzene rings is 2. The molecule has 0 fully saturated rings. The summed E-state index contributed by atoms with van der Waals surface area (Å²) in [6.07, 6.45) is 7.27. The molecule has 2 rings (SSSR count). The van der Waals surface area contributed by atoms with Gasteiger partial charge in [0.15, 0.2) is 0 Å². The fourth-order valence-corrected chi connectivity index (χ4v) is 8.49. The molecule has 0 atom stereocenters. The van der Waals surface area contributed by atoms with E-state index in [0.717, 1.165) is 24.8 Å². The molecule has 0 heterocycles. The Morgan fingerprint density at radius 2 is 1.47 bits per heavy atom. The molecule has 0 bridgehead atoms. The maximum absolute atomic E-state index is 9.32. The molecule has 0 radical (unpaired) electrons. The summed E-state index contributed by atoms with van der Waals surface area (Å²) in [4.78, 5) is 0. The predicted octanol–water partition coefficient (Wildman–Crippen LogP) is 5.62. The monoisotopic (exact) mass is 422 g/mol. The van der Waals surface area contributed by atoms with E-state index >= 15 is 0 Å². The summed E-state index contributed by atoms with van der Waals surface area (Å²) in [5, 5.41) is 11.9. The fraction of sp³-hybridized carbons (Fsp3) is 0.407. The highest BCUT2D eigenvalue weighted by atomic mass is 28.4. The number of aliphatic hydroxyl groups excluding tert-OH is 1. The second-order valence-electron chi connectivity index (χ2n) is 8.94. The van der Waals surface area contributed by atoms with Gasteiger partial charge in [-0.1, -0.05) is 106 Å². The molecule has 162 valence electrons. The Kier molecular flexibility index (Phi) is 9.28. The maximum Gasteiger partial charge on any atom is 0.261 e. The lowest BCUT2D eigenvalue weighted by atomic mass is 10.1. The SMILES string of the molecule is CC/C(=C\CC/C(C)=C/CO[Si](c1ccccc1)(c1ccccc1)C(C)(C)C)CO. The van der Waals surface area contributed by atoms with Gasteiger partial charge >= 0.3 is 0 Å². The number of aliphatic hydroxyl groups is 1. The zero-order valence-corrected chi connectivity index (χ0v) is 20.3. The van der Waals surface area contributed by atoms with Crippen LogP contribution in [0, 0.1) is 0 Å². The van der Waals surface area contributed by atoms with Crippen LogP contribution in [0.2, 0.25) is 5.04 Å². The van der Waals surface area contributed by atoms with Crippen LogP contribution in [0.5, 0.6) is 0 Å². The van der Waals surface area contributed by atoms with Crippen molar-refractivity contribution in [1.82, 2.24) is 0 Å². The molecule has 0 saturated carbocycles. The van der Waals surface area contributed by atoms with E-state index in [2.05, 4.69) is 107 Å². The molecule has 0 aliphatic carbocycles. The second kappa shape index (κ2) is 11.4. The van der Waals surface area contributed by atoms with Gasteiger partial charge in [0.25, 0.3) is 8.32 Å². The molecule has 1 N–H and O–H groups in total. The van der Waals surface area contributed by atoms with Gasteiger partial charge in [0, 0.05) is 0 Å². The van der Waals surface area contributed by atoms with E-state index in [1.807, 2.05) is 0 Å². The lowest BCUT2D eigenvalue weighted by molar-refractivity contribution is 0.327. The van der Waals surface area contributed by atoms with E-state index in [4.69, 9.17) is 4.43 Å². The summed E-state index contributed by atoms with van der Waals surface area (Å²) in [5.41, 5.74) is 2.45. The standard InChI is InChI=1S/C27H38O2Si/c1-6-24(22-28)15-13-14-23(2)20-21-29-30(27(3,4)5,25-16-9-7-10-17-25)26-18-11-8-12-19-26/h7-12,15-20,28H,6,13-14,21-22H2,1-5H3/b23-20+,24-15+. The Balaban J connectivity index is 2.28. The van der Waals surface area contributed by atoms with Crippen molar-refractivity contribution >= 4 is 18.7 Å². The van der Waals surface area contributed by atoms with Crippen LogP contribution in [0.1, 0.15) is 53.9 Å². The highest BCUT2D eigenvalue weighted by Crippen LogP contribution is 2.36. The zero-order valence-electron chi connectivity index (χ0n) is 19.3. The Morgan fingerprint density at radius 3 is 1.90 bits per heavy atom. The van der Waals surface area contributed by atoms with Gasteiger partial charge in [0.05, 0.1) is 13.2 Å². The Hall–Kier alpha value is -1.94. The van der Waals surface area contributed by atoms with E-state index in [9.17, 15) is 5.11 Å². The number of hydrogen-bond acceptors (Lipinski definition) is 2. The third-order valence-corrected chi connectivity index (χ3v) is 10.8. The first-order chi connectivity index (χ1) is 14.3. The number of hydrogen-bond donors (Lipinski definition) is 1. The summed E-state index contributed by atoms with van der Waals surface area (Å²) in [6, 6.07) is 21.5. The Labute approximate surface area is 184 Å². The van der Waals surface area contributed by atoms with Crippen LogP contribution in [0.3, 0.4) is 0 Å². The van der Waals surface area contributed by atoms with Crippen molar-refractivity contribution in [2.45, 2.75) is 58.9 Å². The summed E-state index contributed by atoms with van der Waals surface area (Å²) in [6.45, 7) is 12.0. The molecule has 0 aliphatic heterocycles. The van der Waals surface area contributed by atoms with Crippen LogP contribution < -0.4 is 10.4 Å². The third-order valence-electron chi connectivity index (χ3n) is 5.78. The average Bonchev–Trinajstić information content (AvgIpc) is 2.75. The van der Waals surface area contributed by atoms with Gasteiger partial charge in [-0.25, -0.2) is 0 Å². The van der Waals surface area contributed by atoms with Crippen molar-refractivity contribution in [3.8, 4) is 0 Å². The van der Waals surface area contributed by atoms with Crippen molar-refractivity contribution in [2.75, 3.05) is 13.2 Å². The first-order valence-electron chi connectivity index (χ1n) is 11.0. The van der Waals surface area contributed by atoms with Crippen LogP contribution in [-0.4, -0.2) is 26.6 Å². The van der Waals surface area contributed by atoms with Gasteiger partial charge in [0.2, 0.25) is 0 Å². The summed E-state index contributed by atoms with van der Waals surface area (Å²) < 4.78 is 6.91. The van der Waals surface area contributed by atoms with Gasteiger partial charge in [-0.15, -0.1) is 0 Å². The molecular formula is C27H38O2Si. The minimum absolute atomic E-state index is 0.00264. The predicted molar refractivity (Wildman–Crippen MR) is 132 cm³/mol. The van der Waals surface area contributed by atoms with Gasteiger partial charge in [-0.05, 0) is 47.2 Å². The normalized spacial score (nSPS) is 13.5. The largest absolute Gasteiger partial charge is 0.404 e. The van der Waals surface area contributed by atoms with Crippen molar-refractivity contribution in [3.63, 3.8) is 0 Å². The molecule has 0 unspecified atom stereocenters. The van der Waals surface area contributed by atoms with E-state index in [0.29, 0.717) is 6.61 Å². The van der Waals surface area contributed by atoms with Crippen LogP contribution >= 0.6 is 0 Å². The lowest BCUT2D eigenvalue weighted by Gasteiger charge is -2.42. The minimum Gasteiger partial charge on any atom is -0.404 e. The highest BCUT2D eigenvalue weighted by Gasteiger charge is 2.49. The van der Waals surface area contributed by atoms with E-state index in [-0.39, 0.29) is 11.6 Å². The first-order valence-corrected chi connectivity index (χ1v) is 13.0. The van der Waals surface area contributed by atoms with E-state index < -0.39 is 8.32 Å². The summed E-state index contributed by atoms with van der Waals surface area (Å²) in [5.74, 6) is 0.